The maximum Gasteiger partial charge on any atom is 0.408 e. The Kier molecular flexibility index (Phi) is 11.6. The number of methoxy groups -OCH3 is 1. The van der Waals surface area contributed by atoms with Crippen molar-refractivity contribution >= 4 is 44.9 Å². The summed E-state index contributed by atoms with van der Waals surface area (Å²) in [7, 11) is -2.35. The van der Waals surface area contributed by atoms with E-state index in [9.17, 15) is 27.6 Å². The van der Waals surface area contributed by atoms with E-state index in [4.69, 9.17) is 24.2 Å². The number of hydrogen-bond donors (Lipinski definition) is 3. The summed E-state index contributed by atoms with van der Waals surface area (Å²) in [6, 6.07) is 3.16. The Morgan fingerprint density at radius 1 is 1.05 bits per heavy atom. The second kappa shape index (κ2) is 15.8. The van der Waals surface area contributed by atoms with Gasteiger partial charge in [0.2, 0.25) is 27.7 Å². The van der Waals surface area contributed by atoms with Gasteiger partial charge in [-0.3, -0.25) is 19.1 Å². The van der Waals surface area contributed by atoms with E-state index < -0.39 is 74.3 Å². The molecule has 2 aromatic rings. The lowest BCUT2D eigenvalue weighted by Gasteiger charge is -2.33. The molecule has 0 spiro atoms. The summed E-state index contributed by atoms with van der Waals surface area (Å²) in [6.07, 6.45) is 5.51. The van der Waals surface area contributed by atoms with Gasteiger partial charge in [0.05, 0.1) is 29.9 Å². The molecule has 7 atom stereocenters. The quantitative estimate of drug-likeness (QED) is 0.319. The maximum absolute atomic E-state index is 14.8. The van der Waals surface area contributed by atoms with Crippen molar-refractivity contribution in [2.75, 3.05) is 13.7 Å². The summed E-state index contributed by atoms with van der Waals surface area (Å²) >= 11 is 0. The fraction of sp³-hybridized carbons (Fsp3) is 0.650. The first-order valence-electron chi connectivity index (χ1n) is 19.7. The summed E-state index contributed by atoms with van der Waals surface area (Å²) in [5.74, 6) is -1.83. The van der Waals surface area contributed by atoms with Crippen molar-refractivity contribution in [3.8, 4) is 11.6 Å². The number of fused-ring (bicyclic) bond motifs is 3. The molecule has 1 saturated heterocycles. The number of allylic oxidation sites excluding steroid dienone is 1. The number of aromatic nitrogens is 2. The predicted octanol–water partition coefficient (Wildman–Crippen LogP) is 4.50. The van der Waals surface area contributed by atoms with E-state index in [0.717, 1.165) is 6.42 Å². The predicted molar refractivity (Wildman–Crippen MR) is 208 cm³/mol. The van der Waals surface area contributed by atoms with E-state index in [1.807, 2.05) is 39.0 Å². The van der Waals surface area contributed by atoms with Crippen LogP contribution < -0.4 is 24.8 Å². The normalized spacial score (nSPS) is 29.3. The molecule has 2 aliphatic heterocycles. The lowest BCUT2D eigenvalue weighted by atomic mass is 9.88. The highest BCUT2D eigenvalue weighted by atomic mass is 32.2. The zero-order valence-electron chi connectivity index (χ0n) is 33.6. The van der Waals surface area contributed by atoms with Gasteiger partial charge in [0.15, 0.2) is 0 Å². The highest BCUT2D eigenvalue weighted by Crippen LogP contribution is 2.46. The van der Waals surface area contributed by atoms with Gasteiger partial charge in [-0.25, -0.2) is 23.2 Å². The van der Waals surface area contributed by atoms with Gasteiger partial charge in [-0.2, -0.15) is 0 Å². The molecule has 0 bridgehead atoms. The van der Waals surface area contributed by atoms with Gasteiger partial charge in [0.25, 0.3) is 5.91 Å². The molecule has 3 heterocycles. The van der Waals surface area contributed by atoms with Crippen LogP contribution in [0.3, 0.4) is 0 Å². The largest absolute Gasteiger partial charge is 0.497 e. The summed E-state index contributed by atoms with van der Waals surface area (Å²) in [4.78, 5) is 67.4. The molecule has 3 N–H and O–H groups in total. The van der Waals surface area contributed by atoms with Crippen LogP contribution in [0.5, 0.6) is 11.6 Å². The number of amides is 4. The van der Waals surface area contributed by atoms with Gasteiger partial charge in [-0.1, -0.05) is 39.8 Å². The van der Waals surface area contributed by atoms with Crippen molar-refractivity contribution in [3.63, 3.8) is 0 Å². The van der Waals surface area contributed by atoms with Crippen LogP contribution in [0.15, 0.2) is 30.4 Å². The molecule has 2 saturated carbocycles. The molecule has 2 aliphatic carbocycles. The second-order valence-electron chi connectivity index (χ2n) is 17.3. The molecule has 0 radical (unpaired) electrons. The minimum atomic E-state index is -3.91. The summed E-state index contributed by atoms with van der Waals surface area (Å²) in [6.45, 7) is 13.1. The number of carbonyl (C=O) groups excluding carboxylic acids is 4. The zero-order valence-corrected chi connectivity index (χ0v) is 34.4. The number of nitrogens with one attached hydrogen (secondary N) is 3. The number of nitrogens with zero attached hydrogens (tertiary/aromatic N) is 3. The van der Waals surface area contributed by atoms with E-state index in [1.165, 1.54) is 4.90 Å². The van der Waals surface area contributed by atoms with Crippen LogP contribution >= 0.6 is 0 Å². The first-order chi connectivity index (χ1) is 26.3. The van der Waals surface area contributed by atoms with Crippen LogP contribution in [-0.4, -0.2) is 95.3 Å². The Morgan fingerprint density at radius 2 is 1.79 bits per heavy atom. The maximum atomic E-state index is 14.8. The SMILES string of the molecule is COc1ccc2nc(C(C)C)c(O[C@@H]3C[C@H]4C(=O)N[C@]5(C(=O)NS(=O)(=O)C6CC6)C[C@H]5/C=C\CC[C@@H](C)C[C@@H](C)[C@H](NC(=O)OC(C)(C)C)C(=O)N4C3)nc2c1. The lowest BCUT2D eigenvalue weighted by molar-refractivity contribution is -0.142. The molecular formula is C40H56N6O9S. The molecule has 16 heteroatoms. The third-order valence-corrected chi connectivity index (χ3v) is 12.8. The number of carbonyl (C=O) groups is 4. The lowest BCUT2D eigenvalue weighted by Crippen LogP contribution is -2.59. The molecule has 56 heavy (non-hydrogen) atoms. The number of benzene rings is 1. The number of rotatable bonds is 8. The van der Waals surface area contributed by atoms with E-state index in [1.54, 1.807) is 40.0 Å². The Morgan fingerprint density at radius 3 is 2.45 bits per heavy atom. The molecule has 1 aromatic carbocycles. The standard InChI is InChI=1S/C40H56N6O9S/c1-22(2)32-35(42-30-18-26(53-8)13-16-29(30)41-32)54-27-19-31-34(47)44-40(37(49)45-56(51,52)28-14-15-28)20-25(40)12-10-9-11-23(3)17-24(4)33(36(48)46(31)21-27)43-38(50)55-39(5,6)7/h10,12-13,16,18,22-25,27-28,31,33H,9,11,14-15,17,19-21H2,1-8H3,(H,43,50)(H,44,47)(H,45,49)/b12-10-/t23-,24-,25-,27-,31+,33+,40-/m1/s1. The molecule has 4 aliphatic rings. The van der Waals surface area contributed by atoms with E-state index in [2.05, 4.69) is 22.3 Å². The van der Waals surface area contributed by atoms with Gasteiger partial charge in [-0.15, -0.1) is 0 Å². The van der Waals surface area contributed by atoms with E-state index in [0.29, 0.717) is 48.2 Å². The first-order valence-corrected chi connectivity index (χ1v) is 21.2. The van der Waals surface area contributed by atoms with Crippen LogP contribution in [0.4, 0.5) is 4.79 Å². The summed E-state index contributed by atoms with van der Waals surface area (Å²) < 4.78 is 45.6. The highest BCUT2D eigenvalue weighted by molar-refractivity contribution is 7.91. The fourth-order valence-electron chi connectivity index (χ4n) is 7.71. The Bertz CT molecular complexity index is 1990. The van der Waals surface area contributed by atoms with Gasteiger partial charge in [0, 0.05) is 24.3 Å². The Labute approximate surface area is 329 Å². The molecular weight excluding hydrogens is 741 g/mol. The Hall–Kier alpha value is -4.47. The van der Waals surface area contributed by atoms with Crippen LogP contribution in [0.25, 0.3) is 11.0 Å². The van der Waals surface area contributed by atoms with Gasteiger partial charge >= 0.3 is 6.09 Å². The Balaban J connectivity index is 1.37. The molecule has 3 fully saturated rings. The summed E-state index contributed by atoms with van der Waals surface area (Å²) in [5, 5.41) is 5.08. The van der Waals surface area contributed by atoms with E-state index in [-0.39, 0.29) is 43.0 Å². The minimum Gasteiger partial charge on any atom is -0.497 e. The van der Waals surface area contributed by atoms with E-state index >= 15 is 0 Å². The topological polar surface area (TPSA) is 195 Å². The third-order valence-electron chi connectivity index (χ3n) is 11.0. The monoisotopic (exact) mass is 796 g/mol. The number of ether oxygens (including phenoxy) is 3. The number of hydrogen-bond acceptors (Lipinski definition) is 11. The van der Waals surface area contributed by atoms with Crippen molar-refractivity contribution in [2.45, 2.75) is 134 Å². The van der Waals surface area contributed by atoms with Crippen molar-refractivity contribution < 1.29 is 41.8 Å². The number of alkyl carbamates (subject to hydrolysis) is 1. The zero-order chi connectivity index (χ0) is 40.7. The second-order valence-corrected chi connectivity index (χ2v) is 19.3. The van der Waals surface area contributed by atoms with Crippen LogP contribution in [0, 0.1) is 17.8 Å². The van der Waals surface area contributed by atoms with Crippen molar-refractivity contribution in [3.05, 3.63) is 36.0 Å². The smallest absolute Gasteiger partial charge is 0.408 e. The van der Waals surface area contributed by atoms with Gasteiger partial charge < -0.3 is 29.7 Å². The van der Waals surface area contributed by atoms with Crippen LogP contribution in [0.2, 0.25) is 0 Å². The van der Waals surface area contributed by atoms with Crippen molar-refractivity contribution in [1.82, 2.24) is 30.2 Å². The minimum absolute atomic E-state index is 0.0233. The van der Waals surface area contributed by atoms with Crippen molar-refractivity contribution in [2.24, 2.45) is 17.8 Å². The molecule has 4 amide bonds. The van der Waals surface area contributed by atoms with Crippen LogP contribution in [0.1, 0.15) is 105 Å². The van der Waals surface area contributed by atoms with Crippen molar-refractivity contribution in [1.29, 1.82) is 0 Å². The van der Waals surface area contributed by atoms with Crippen LogP contribution in [-0.2, 0) is 29.1 Å². The van der Waals surface area contributed by atoms with Gasteiger partial charge in [-0.05, 0) is 83.3 Å². The molecule has 6 rings (SSSR count). The number of sulfonamides is 1. The third kappa shape index (κ3) is 9.21. The molecule has 15 nitrogen and oxygen atoms in total. The average Bonchev–Trinajstić information content (AvgIpc) is 4.04. The first kappa shape index (κ1) is 41.2. The average molecular weight is 797 g/mol. The highest BCUT2D eigenvalue weighted by Gasteiger charge is 2.62. The van der Waals surface area contributed by atoms with Gasteiger partial charge in [0.1, 0.15) is 40.8 Å². The molecule has 0 unspecified atom stereocenters. The molecule has 306 valence electrons. The fourth-order valence-corrected chi connectivity index (χ4v) is 9.08. The molecule has 1 aromatic heterocycles. The summed E-state index contributed by atoms with van der Waals surface area (Å²) in [5.41, 5.74) is -0.571.